The van der Waals surface area contributed by atoms with Gasteiger partial charge in [-0.05, 0) is 46.6 Å². The molecule has 0 heterocycles. The Labute approximate surface area is 153 Å². The molecule has 3 N–H and O–H groups in total. The van der Waals surface area contributed by atoms with Crippen molar-refractivity contribution in [3.8, 4) is 0 Å². The maximum absolute atomic E-state index is 12.6. The van der Waals surface area contributed by atoms with E-state index < -0.39 is 0 Å². The molecule has 0 aliphatic heterocycles. The van der Waals surface area contributed by atoms with Gasteiger partial charge in [0.2, 0.25) is 0 Å². The average molecular weight is 358 g/mol. The summed E-state index contributed by atoms with van der Waals surface area (Å²) >= 11 is 0. The molecule has 0 aliphatic rings. The topological polar surface area (TPSA) is 79.5 Å². The highest BCUT2D eigenvalue weighted by molar-refractivity contribution is 5.88. The number of ether oxygens (including phenoxy) is 1. The van der Waals surface area contributed by atoms with E-state index in [4.69, 9.17) is 4.74 Å². The smallest absolute Gasteiger partial charge is 0.407 e. The van der Waals surface area contributed by atoms with Crippen molar-refractivity contribution in [2.45, 2.75) is 79.3 Å². The van der Waals surface area contributed by atoms with Crippen molar-refractivity contribution in [3.05, 3.63) is 0 Å². The Morgan fingerprint density at radius 1 is 1.00 bits per heavy atom. The van der Waals surface area contributed by atoms with Gasteiger partial charge < -0.3 is 20.7 Å². The molecule has 1 unspecified atom stereocenters. The SMILES string of the molecule is CCNCCOC(=O)NCCCCC(NC(C)(C)C)C(=O)C(C)(C)C. The third-order valence-electron chi connectivity index (χ3n) is 3.61. The zero-order chi connectivity index (χ0) is 19.5. The minimum atomic E-state index is -0.381. The Hall–Kier alpha value is -1.14. The van der Waals surface area contributed by atoms with Crippen molar-refractivity contribution in [1.82, 2.24) is 16.0 Å². The molecule has 6 nitrogen and oxygen atoms in total. The van der Waals surface area contributed by atoms with E-state index in [2.05, 4.69) is 36.7 Å². The molecule has 0 radical (unpaired) electrons. The van der Waals surface area contributed by atoms with Gasteiger partial charge in [0.05, 0.1) is 6.04 Å². The normalized spacial score (nSPS) is 13.4. The van der Waals surface area contributed by atoms with Crippen LogP contribution in [0, 0.1) is 5.41 Å². The van der Waals surface area contributed by atoms with Crippen molar-refractivity contribution < 1.29 is 14.3 Å². The van der Waals surface area contributed by atoms with Crippen LogP contribution in [-0.4, -0.2) is 49.7 Å². The number of nitrogens with one attached hydrogen (secondary N) is 3. The van der Waals surface area contributed by atoms with Gasteiger partial charge >= 0.3 is 6.09 Å². The zero-order valence-electron chi connectivity index (χ0n) is 17.3. The Morgan fingerprint density at radius 3 is 2.16 bits per heavy atom. The third-order valence-corrected chi connectivity index (χ3v) is 3.61. The molecule has 0 aromatic rings. The summed E-state index contributed by atoms with van der Waals surface area (Å²) in [6, 6.07) is -0.160. The van der Waals surface area contributed by atoms with Crippen LogP contribution in [0.15, 0.2) is 0 Å². The predicted molar refractivity (Wildman–Crippen MR) is 103 cm³/mol. The van der Waals surface area contributed by atoms with Gasteiger partial charge in [0.1, 0.15) is 6.61 Å². The number of hydrogen-bond acceptors (Lipinski definition) is 5. The number of amides is 1. The highest BCUT2D eigenvalue weighted by atomic mass is 16.5. The monoisotopic (exact) mass is 357 g/mol. The van der Waals surface area contributed by atoms with Crippen LogP contribution in [0.1, 0.15) is 67.7 Å². The van der Waals surface area contributed by atoms with Crippen LogP contribution < -0.4 is 16.0 Å². The molecule has 148 valence electrons. The van der Waals surface area contributed by atoms with E-state index in [1.54, 1.807) is 0 Å². The second kappa shape index (κ2) is 11.5. The van der Waals surface area contributed by atoms with Crippen LogP contribution in [0.25, 0.3) is 0 Å². The van der Waals surface area contributed by atoms with E-state index in [-0.39, 0.29) is 28.9 Å². The van der Waals surface area contributed by atoms with Crippen LogP contribution in [-0.2, 0) is 9.53 Å². The first-order valence-electron chi connectivity index (χ1n) is 9.40. The number of carbonyl (C=O) groups excluding carboxylic acids is 2. The summed E-state index contributed by atoms with van der Waals surface area (Å²) < 4.78 is 5.04. The van der Waals surface area contributed by atoms with E-state index in [1.807, 2.05) is 27.7 Å². The lowest BCUT2D eigenvalue weighted by Crippen LogP contribution is -2.50. The highest BCUT2D eigenvalue weighted by Crippen LogP contribution is 2.21. The Morgan fingerprint density at radius 2 is 1.64 bits per heavy atom. The molecular formula is C19H39N3O3. The van der Waals surface area contributed by atoms with Gasteiger partial charge in [0.25, 0.3) is 0 Å². The van der Waals surface area contributed by atoms with Crippen LogP contribution >= 0.6 is 0 Å². The van der Waals surface area contributed by atoms with Gasteiger partial charge in [-0.25, -0.2) is 4.79 Å². The lowest BCUT2D eigenvalue weighted by Gasteiger charge is -2.31. The molecule has 0 bridgehead atoms. The zero-order valence-corrected chi connectivity index (χ0v) is 17.3. The summed E-state index contributed by atoms with van der Waals surface area (Å²) in [6.45, 7) is 16.5. The second-order valence-corrected chi connectivity index (χ2v) is 8.47. The summed E-state index contributed by atoms with van der Waals surface area (Å²) in [5.74, 6) is 0.234. The molecule has 1 atom stereocenters. The molecule has 0 saturated heterocycles. The van der Waals surface area contributed by atoms with Gasteiger partial charge in [0, 0.05) is 24.0 Å². The molecule has 0 aliphatic carbocycles. The Balaban J connectivity index is 4.14. The average Bonchev–Trinajstić information content (AvgIpc) is 2.47. The minimum absolute atomic E-state index is 0.111. The van der Waals surface area contributed by atoms with Crippen molar-refractivity contribution in [3.63, 3.8) is 0 Å². The number of alkyl carbamates (subject to hydrolysis) is 1. The van der Waals surface area contributed by atoms with E-state index >= 15 is 0 Å². The van der Waals surface area contributed by atoms with Crippen molar-refractivity contribution in [1.29, 1.82) is 0 Å². The van der Waals surface area contributed by atoms with Gasteiger partial charge in [-0.3, -0.25) is 4.79 Å². The highest BCUT2D eigenvalue weighted by Gasteiger charge is 2.31. The predicted octanol–water partition coefficient (Wildman–Crippen LogP) is 2.86. The number of hydrogen-bond donors (Lipinski definition) is 3. The Kier molecular flexibility index (Phi) is 10.9. The molecule has 0 fully saturated rings. The van der Waals surface area contributed by atoms with E-state index in [0.29, 0.717) is 19.7 Å². The Bertz CT molecular complexity index is 398. The van der Waals surface area contributed by atoms with Gasteiger partial charge in [-0.15, -0.1) is 0 Å². The van der Waals surface area contributed by atoms with E-state index in [0.717, 1.165) is 25.8 Å². The number of Topliss-reactive ketones (excluding diaryl/α,β-unsaturated/α-hetero) is 1. The summed E-state index contributed by atoms with van der Waals surface area (Å²) in [4.78, 5) is 24.1. The summed E-state index contributed by atoms with van der Waals surface area (Å²) in [7, 11) is 0. The number of ketones is 1. The van der Waals surface area contributed by atoms with E-state index in [9.17, 15) is 9.59 Å². The van der Waals surface area contributed by atoms with Crippen molar-refractivity contribution >= 4 is 11.9 Å². The number of rotatable bonds is 11. The number of unbranched alkanes of at least 4 members (excludes halogenated alkanes) is 1. The van der Waals surface area contributed by atoms with Crippen molar-refractivity contribution in [2.24, 2.45) is 5.41 Å². The molecule has 0 aromatic carbocycles. The lowest BCUT2D eigenvalue weighted by molar-refractivity contribution is -0.129. The quantitative estimate of drug-likeness (QED) is 0.496. The first-order chi connectivity index (χ1) is 11.5. The fraction of sp³-hybridized carbons (Fsp3) is 0.895. The first kappa shape index (κ1) is 23.9. The second-order valence-electron chi connectivity index (χ2n) is 8.47. The lowest BCUT2D eigenvalue weighted by atomic mass is 9.84. The molecule has 1 amide bonds. The van der Waals surface area contributed by atoms with Crippen molar-refractivity contribution in [2.75, 3.05) is 26.2 Å². The molecule has 0 rings (SSSR count). The summed E-state index contributed by atoms with van der Waals surface area (Å²) in [5.41, 5.74) is -0.475. The van der Waals surface area contributed by atoms with Gasteiger partial charge in [-0.2, -0.15) is 0 Å². The molecule has 0 saturated carbocycles. The van der Waals surface area contributed by atoms with Crippen LogP contribution in [0.4, 0.5) is 4.79 Å². The fourth-order valence-corrected chi connectivity index (χ4v) is 2.42. The summed E-state index contributed by atoms with van der Waals surface area (Å²) in [6.07, 6.45) is 2.08. The summed E-state index contributed by atoms with van der Waals surface area (Å²) in [5, 5.41) is 9.27. The maximum atomic E-state index is 12.6. The van der Waals surface area contributed by atoms with E-state index in [1.165, 1.54) is 0 Å². The minimum Gasteiger partial charge on any atom is -0.448 e. The number of likely N-dealkylation sites (N-methyl/N-ethyl adjacent to an activating group) is 1. The molecule has 25 heavy (non-hydrogen) atoms. The largest absolute Gasteiger partial charge is 0.448 e. The maximum Gasteiger partial charge on any atom is 0.407 e. The molecule has 0 aromatic heterocycles. The van der Waals surface area contributed by atoms with Crippen LogP contribution in [0.5, 0.6) is 0 Å². The third kappa shape index (κ3) is 12.8. The van der Waals surface area contributed by atoms with Gasteiger partial charge in [-0.1, -0.05) is 27.7 Å². The van der Waals surface area contributed by atoms with Crippen LogP contribution in [0.3, 0.4) is 0 Å². The first-order valence-corrected chi connectivity index (χ1v) is 9.40. The molecule has 0 spiro atoms. The van der Waals surface area contributed by atoms with Gasteiger partial charge in [0.15, 0.2) is 5.78 Å². The number of carbonyl (C=O) groups is 2. The standard InChI is InChI=1S/C19H39N3O3/c1-8-20-13-14-25-17(24)21-12-10-9-11-15(22-19(5,6)7)16(23)18(2,3)4/h15,20,22H,8-14H2,1-7H3,(H,21,24). The fourth-order valence-electron chi connectivity index (χ4n) is 2.42. The molecular weight excluding hydrogens is 318 g/mol. The molecule has 6 heteroatoms. The van der Waals surface area contributed by atoms with Crippen LogP contribution in [0.2, 0.25) is 0 Å².